The van der Waals surface area contributed by atoms with Crippen molar-refractivity contribution in [1.82, 2.24) is 0 Å². The summed E-state index contributed by atoms with van der Waals surface area (Å²) in [6.45, 7) is 0. The number of non-ortho nitro benzene ring substituents is 1. The van der Waals surface area contributed by atoms with Crippen molar-refractivity contribution in [3.05, 3.63) is 106 Å². The molecule has 1 aliphatic rings. The number of nitro benzene ring substituents is 1. The maximum Gasteiger partial charge on any atom is 0.300 e. The van der Waals surface area contributed by atoms with Crippen LogP contribution in [-0.4, -0.2) is 30.1 Å². The zero-order chi connectivity index (χ0) is 24.6. The van der Waals surface area contributed by atoms with Gasteiger partial charge >= 0.3 is 0 Å². The summed E-state index contributed by atoms with van der Waals surface area (Å²) in [7, 11) is -4.00. The lowest BCUT2D eigenvalue weighted by Gasteiger charge is -2.25. The molecule has 0 unspecified atom stereocenters. The minimum atomic E-state index is -4.00. The number of hydrogen-bond acceptors (Lipinski definition) is 7. The Labute approximate surface area is 193 Å². The van der Waals surface area contributed by atoms with Gasteiger partial charge in [-0.15, -0.1) is 0 Å². The average Bonchev–Trinajstić information content (AvgIpc) is 3.09. The summed E-state index contributed by atoms with van der Waals surface area (Å²) in [4.78, 5) is 37.7. The lowest BCUT2D eigenvalue weighted by atomic mass is 9.95. The van der Waals surface area contributed by atoms with E-state index in [1.807, 2.05) is 0 Å². The quantitative estimate of drug-likeness (QED) is 0.187. The van der Waals surface area contributed by atoms with Gasteiger partial charge in [0, 0.05) is 23.4 Å². The second-order valence-electron chi connectivity index (χ2n) is 7.43. The molecular weight excluding hydrogens is 462 g/mol. The van der Waals surface area contributed by atoms with Crippen LogP contribution in [-0.2, 0) is 19.6 Å². The zero-order valence-electron chi connectivity index (χ0n) is 17.4. The van der Waals surface area contributed by atoms with Gasteiger partial charge in [-0.2, -0.15) is 0 Å². The summed E-state index contributed by atoms with van der Waals surface area (Å²) >= 11 is 0. The van der Waals surface area contributed by atoms with Gasteiger partial charge in [0.15, 0.2) is 0 Å². The highest BCUT2D eigenvalue weighted by atomic mass is 32.2. The third-order valence-corrected chi connectivity index (χ3v) is 6.26. The number of anilines is 1. The van der Waals surface area contributed by atoms with Crippen molar-refractivity contribution in [3.63, 3.8) is 0 Å². The Hall–Kier alpha value is -4.35. The molecule has 0 saturated carbocycles. The lowest BCUT2D eigenvalue weighted by molar-refractivity contribution is -0.384. The van der Waals surface area contributed by atoms with E-state index in [9.17, 15) is 33.2 Å². The monoisotopic (exact) mass is 479 g/mol. The number of sulfonamides is 1. The summed E-state index contributed by atoms with van der Waals surface area (Å²) in [5, 5.41) is 27.5. The number of benzene rings is 3. The average molecular weight is 479 g/mol. The molecule has 0 radical (unpaired) electrons. The van der Waals surface area contributed by atoms with Gasteiger partial charge < -0.3 is 5.11 Å². The van der Waals surface area contributed by atoms with Gasteiger partial charge in [0.25, 0.3) is 17.4 Å². The molecule has 11 heteroatoms. The third-order valence-electron chi connectivity index (χ3n) is 5.33. The maximum absolute atomic E-state index is 13.1. The molecule has 0 aromatic heterocycles. The first kappa shape index (κ1) is 22.8. The minimum absolute atomic E-state index is 0.137. The molecule has 3 aromatic carbocycles. The Morgan fingerprint density at radius 1 is 0.971 bits per heavy atom. The van der Waals surface area contributed by atoms with Crippen LogP contribution in [0.1, 0.15) is 17.2 Å². The van der Waals surface area contributed by atoms with Crippen molar-refractivity contribution in [2.24, 2.45) is 5.14 Å². The summed E-state index contributed by atoms with van der Waals surface area (Å²) in [6.07, 6.45) is 0. The third kappa shape index (κ3) is 4.05. The number of ketones is 1. The summed E-state index contributed by atoms with van der Waals surface area (Å²) in [5.41, 5.74) is 0.0969. The number of Topliss-reactive ketones (excluding diaryl/α,β-unsaturated/α-hetero) is 1. The van der Waals surface area contributed by atoms with Crippen LogP contribution in [0.25, 0.3) is 5.76 Å². The smallest absolute Gasteiger partial charge is 0.300 e. The number of rotatable bonds is 5. The van der Waals surface area contributed by atoms with Crippen molar-refractivity contribution in [1.29, 1.82) is 0 Å². The molecule has 1 aliphatic heterocycles. The number of nitrogens with two attached hydrogens (primary N) is 1. The van der Waals surface area contributed by atoms with Crippen molar-refractivity contribution in [2.45, 2.75) is 10.9 Å². The minimum Gasteiger partial charge on any atom is -0.507 e. The van der Waals surface area contributed by atoms with E-state index in [4.69, 9.17) is 5.14 Å². The highest BCUT2D eigenvalue weighted by Gasteiger charge is 2.47. The van der Waals surface area contributed by atoms with Crippen LogP contribution in [0.3, 0.4) is 0 Å². The summed E-state index contributed by atoms with van der Waals surface area (Å²) in [6, 6.07) is 17.2. The Balaban J connectivity index is 1.95. The van der Waals surface area contributed by atoms with Gasteiger partial charge in [-0.1, -0.05) is 42.5 Å². The number of aliphatic hydroxyl groups excluding tert-OH is 1. The predicted octanol–water partition coefficient (Wildman–Crippen LogP) is 2.87. The molecule has 1 heterocycles. The van der Waals surface area contributed by atoms with Crippen molar-refractivity contribution < 1.29 is 28.0 Å². The van der Waals surface area contributed by atoms with Crippen LogP contribution in [0.2, 0.25) is 0 Å². The molecule has 3 N–H and O–H groups in total. The predicted molar refractivity (Wildman–Crippen MR) is 122 cm³/mol. The molecule has 1 fully saturated rings. The van der Waals surface area contributed by atoms with E-state index in [-0.39, 0.29) is 33.0 Å². The molecule has 10 nitrogen and oxygen atoms in total. The molecule has 0 spiro atoms. The Kier molecular flexibility index (Phi) is 5.73. The van der Waals surface area contributed by atoms with Gasteiger partial charge in [-0.3, -0.25) is 24.6 Å². The molecule has 0 bridgehead atoms. The van der Waals surface area contributed by atoms with E-state index in [2.05, 4.69) is 0 Å². The number of carbonyl (C=O) groups excluding carboxylic acids is 2. The lowest BCUT2D eigenvalue weighted by Crippen LogP contribution is -2.29. The molecule has 172 valence electrons. The molecule has 34 heavy (non-hydrogen) atoms. The Morgan fingerprint density at radius 2 is 1.62 bits per heavy atom. The SMILES string of the molecule is NS(=O)(=O)c1ccc(N2C(=O)C(=O)C(=C(O)c3ccccc3)[C@@H]2c2cccc([N+](=O)[O-])c2)cc1. The summed E-state index contributed by atoms with van der Waals surface area (Å²) in [5.74, 6) is -2.43. The highest BCUT2D eigenvalue weighted by Crippen LogP contribution is 2.42. The molecule has 1 saturated heterocycles. The molecule has 0 aliphatic carbocycles. The molecule has 4 rings (SSSR count). The van der Waals surface area contributed by atoms with Crippen LogP contribution in [0.15, 0.2) is 89.3 Å². The summed E-state index contributed by atoms with van der Waals surface area (Å²) < 4.78 is 23.2. The number of nitro groups is 1. The molecular formula is C23H17N3O7S. The molecule has 3 aromatic rings. The van der Waals surface area contributed by atoms with Crippen molar-refractivity contribution in [2.75, 3.05) is 4.90 Å². The maximum atomic E-state index is 13.1. The first-order chi connectivity index (χ1) is 16.1. The van der Waals surface area contributed by atoms with Gasteiger partial charge in [-0.05, 0) is 29.8 Å². The zero-order valence-corrected chi connectivity index (χ0v) is 18.2. The van der Waals surface area contributed by atoms with Gasteiger partial charge in [-0.25, -0.2) is 13.6 Å². The number of amides is 1. The second-order valence-corrected chi connectivity index (χ2v) is 8.99. The fourth-order valence-electron chi connectivity index (χ4n) is 3.77. The number of hydrogen-bond donors (Lipinski definition) is 2. The normalized spacial score (nSPS) is 17.7. The van der Waals surface area contributed by atoms with Gasteiger partial charge in [0.05, 0.1) is 21.4 Å². The largest absolute Gasteiger partial charge is 0.507 e. The van der Waals surface area contributed by atoms with Crippen LogP contribution >= 0.6 is 0 Å². The number of primary sulfonamides is 1. The molecule has 1 amide bonds. The van der Waals surface area contributed by atoms with E-state index >= 15 is 0 Å². The highest BCUT2D eigenvalue weighted by molar-refractivity contribution is 7.89. The fourth-order valence-corrected chi connectivity index (χ4v) is 4.29. The van der Waals surface area contributed by atoms with E-state index < -0.39 is 38.4 Å². The second kappa shape index (κ2) is 8.54. The van der Waals surface area contributed by atoms with Crippen molar-refractivity contribution >= 4 is 38.8 Å². The van der Waals surface area contributed by atoms with Crippen LogP contribution in [0.4, 0.5) is 11.4 Å². The van der Waals surface area contributed by atoms with Crippen LogP contribution in [0.5, 0.6) is 0 Å². The van der Waals surface area contributed by atoms with Gasteiger partial charge in [0.2, 0.25) is 10.0 Å². The van der Waals surface area contributed by atoms with E-state index in [0.717, 1.165) is 4.90 Å². The van der Waals surface area contributed by atoms with E-state index in [0.29, 0.717) is 0 Å². The number of aliphatic hydroxyl groups is 1. The number of carbonyl (C=O) groups is 2. The Morgan fingerprint density at radius 3 is 2.21 bits per heavy atom. The Bertz CT molecular complexity index is 1450. The number of nitrogens with zero attached hydrogens (tertiary/aromatic N) is 2. The standard InChI is InChI=1S/C23H17N3O7S/c24-34(32,33)18-11-9-16(10-12-18)25-20(15-7-4-8-17(13-15)26(30)31)19(22(28)23(25)29)21(27)14-5-2-1-3-6-14/h1-13,20,27H,(H2,24,32,33)/t20-/m0/s1. The van der Waals surface area contributed by atoms with Crippen LogP contribution < -0.4 is 10.0 Å². The van der Waals surface area contributed by atoms with Gasteiger partial charge in [0.1, 0.15) is 5.76 Å². The van der Waals surface area contributed by atoms with Crippen molar-refractivity contribution in [3.8, 4) is 0 Å². The first-order valence-corrected chi connectivity index (χ1v) is 11.4. The first-order valence-electron chi connectivity index (χ1n) is 9.83. The fraction of sp³-hybridized carbons (Fsp3) is 0.0435. The van der Waals surface area contributed by atoms with E-state index in [1.54, 1.807) is 30.3 Å². The molecule has 1 atom stereocenters. The van der Waals surface area contributed by atoms with E-state index in [1.165, 1.54) is 48.5 Å². The van der Waals surface area contributed by atoms with Crippen LogP contribution in [0, 0.1) is 10.1 Å². The topological polar surface area (TPSA) is 161 Å².